The van der Waals surface area contributed by atoms with Gasteiger partial charge in [-0.2, -0.15) is 13.2 Å². The first-order chi connectivity index (χ1) is 18.4. The maximum absolute atomic E-state index is 11.1. The van der Waals surface area contributed by atoms with Crippen molar-refractivity contribution < 1.29 is 37.7 Å². The Morgan fingerprint density at radius 1 is 1.08 bits per heavy atom. The first-order valence-corrected chi connectivity index (χ1v) is 12.6. The number of piperazine rings is 1. The summed E-state index contributed by atoms with van der Waals surface area (Å²) in [7, 11) is 0. The lowest BCUT2D eigenvalue weighted by atomic mass is 10.1. The zero-order valence-corrected chi connectivity index (χ0v) is 22.4. The van der Waals surface area contributed by atoms with E-state index < -0.39 is 18.1 Å². The normalized spacial score (nSPS) is 13.9. The topological polar surface area (TPSA) is 115 Å². The van der Waals surface area contributed by atoms with E-state index in [4.69, 9.17) is 36.3 Å². The van der Waals surface area contributed by atoms with Gasteiger partial charge in [0.1, 0.15) is 0 Å². The molecule has 39 heavy (non-hydrogen) atoms. The molecule has 1 heterocycles. The number of aryl methyl sites for hydroxylation is 1. The first kappa shape index (κ1) is 31.7. The number of carboxylic acid groups (broad SMARTS) is 2. The number of carboxylic acids is 2. The number of aliphatic carboxylic acids is 1. The summed E-state index contributed by atoms with van der Waals surface area (Å²) >= 11 is 6.22. The molecule has 1 fully saturated rings. The van der Waals surface area contributed by atoms with Gasteiger partial charge in [-0.1, -0.05) is 17.7 Å². The summed E-state index contributed by atoms with van der Waals surface area (Å²) < 4.78 is 37.2. The van der Waals surface area contributed by atoms with Crippen LogP contribution in [0.15, 0.2) is 47.5 Å². The molecule has 13 heteroatoms. The van der Waals surface area contributed by atoms with E-state index in [1.54, 1.807) is 24.3 Å². The Bertz CT molecular complexity index is 1120. The maximum atomic E-state index is 11.1. The van der Waals surface area contributed by atoms with Crippen LogP contribution < -0.4 is 10.2 Å². The summed E-state index contributed by atoms with van der Waals surface area (Å²) in [6.07, 6.45) is -4.24. The number of rotatable bonds is 8. The summed E-state index contributed by atoms with van der Waals surface area (Å²) in [6, 6.07) is 12.7. The number of nitrogens with one attached hydrogen (secondary N) is 1. The summed E-state index contributed by atoms with van der Waals surface area (Å²) in [5.74, 6) is -2.90. The Balaban J connectivity index is 0.000000673. The van der Waals surface area contributed by atoms with Gasteiger partial charge >= 0.3 is 18.1 Å². The number of anilines is 2. The van der Waals surface area contributed by atoms with Crippen LogP contribution in [0.4, 0.5) is 24.5 Å². The highest BCUT2D eigenvalue weighted by Gasteiger charge is 2.38. The average Bonchev–Trinajstić information content (AvgIpc) is 2.89. The van der Waals surface area contributed by atoms with Crippen LogP contribution in [0.1, 0.15) is 29.3 Å². The molecule has 0 unspecified atom stereocenters. The van der Waals surface area contributed by atoms with E-state index in [1.165, 1.54) is 11.3 Å². The number of nitrogens with zero attached hydrogens (tertiary/aromatic N) is 3. The maximum Gasteiger partial charge on any atom is 0.490 e. The monoisotopic (exact) mass is 572 g/mol. The van der Waals surface area contributed by atoms with Crippen molar-refractivity contribution >= 4 is 40.9 Å². The van der Waals surface area contributed by atoms with Crippen molar-refractivity contribution in [3.05, 3.63) is 58.6 Å². The number of aliphatic imine (C=N–C) groups is 1. The third-order valence-corrected chi connectivity index (χ3v) is 5.87. The van der Waals surface area contributed by atoms with Crippen LogP contribution in [-0.2, 0) is 9.53 Å². The molecule has 0 radical (unpaired) electrons. The van der Waals surface area contributed by atoms with Gasteiger partial charge in [0.15, 0.2) is 5.96 Å². The molecule has 9 nitrogen and oxygen atoms in total. The van der Waals surface area contributed by atoms with Crippen LogP contribution in [-0.4, -0.2) is 85.1 Å². The molecule has 0 saturated carbocycles. The van der Waals surface area contributed by atoms with E-state index in [2.05, 4.69) is 28.1 Å². The number of hydrogen-bond acceptors (Lipinski definition) is 5. The third-order valence-electron chi connectivity index (χ3n) is 5.63. The number of hydrogen-bond donors (Lipinski definition) is 3. The van der Waals surface area contributed by atoms with Gasteiger partial charge in [0.25, 0.3) is 0 Å². The van der Waals surface area contributed by atoms with Crippen LogP contribution in [0.25, 0.3) is 0 Å². The van der Waals surface area contributed by atoms with Gasteiger partial charge in [0.2, 0.25) is 0 Å². The lowest BCUT2D eigenvalue weighted by molar-refractivity contribution is -0.192. The Morgan fingerprint density at radius 3 is 2.23 bits per heavy atom. The minimum Gasteiger partial charge on any atom is -0.478 e. The standard InChI is InChI=1S/C24H31ClN4O3.C2HF3O2/c1-3-32-16-4-11-26-24(27-21-9-6-19(7-10-21)23(30)31)29-14-12-28(13-15-29)22-17-20(25)8-5-18(22)2;3-2(4,5)1(6)7/h5-10,17H,3-4,11-16H2,1-2H3,(H,26,27)(H,30,31);(H,6,7). The fraction of sp³-hybridized carbons (Fsp3) is 0.423. The highest BCUT2D eigenvalue weighted by atomic mass is 35.5. The van der Waals surface area contributed by atoms with E-state index in [1.807, 2.05) is 19.1 Å². The van der Waals surface area contributed by atoms with Crippen molar-refractivity contribution in [2.75, 3.05) is 56.2 Å². The Labute approximate surface area is 229 Å². The Kier molecular flexibility index (Phi) is 12.3. The van der Waals surface area contributed by atoms with Gasteiger partial charge in [-0.25, -0.2) is 9.59 Å². The average molecular weight is 573 g/mol. The van der Waals surface area contributed by atoms with Crippen LogP contribution >= 0.6 is 11.6 Å². The van der Waals surface area contributed by atoms with Crippen molar-refractivity contribution in [2.45, 2.75) is 26.4 Å². The molecule has 0 bridgehead atoms. The van der Waals surface area contributed by atoms with E-state index in [0.717, 1.165) is 49.3 Å². The molecule has 0 aliphatic carbocycles. The lowest BCUT2D eigenvalue weighted by Crippen LogP contribution is -2.51. The molecule has 1 aliphatic rings. The van der Waals surface area contributed by atoms with Crippen molar-refractivity contribution in [3.63, 3.8) is 0 Å². The van der Waals surface area contributed by atoms with Gasteiger partial charge in [-0.3, -0.25) is 4.99 Å². The largest absolute Gasteiger partial charge is 0.490 e. The van der Waals surface area contributed by atoms with Crippen molar-refractivity contribution in [1.82, 2.24) is 4.90 Å². The number of halogens is 4. The smallest absolute Gasteiger partial charge is 0.478 e. The predicted octanol–water partition coefficient (Wildman–Crippen LogP) is 5.00. The van der Waals surface area contributed by atoms with Crippen LogP contribution in [0.5, 0.6) is 0 Å². The minimum atomic E-state index is -5.08. The van der Waals surface area contributed by atoms with Crippen LogP contribution in [0, 0.1) is 6.92 Å². The lowest BCUT2D eigenvalue weighted by Gasteiger charge is -2.38. The second-order valence-electron chi connectivity index (χ2n) is 8.47. The molecular weight excluding hydrogens is 541 g/mol. The molecule has 1 saturated heterocycles. The second kappa shape index (κ2) is 15.2. The Hall–Kier alpha value is -3.51. The molecule has 2 aromatic rings. The zero-order valence-electron chi connectivity index (χ0n) is 21.7. The fourth-order valence-electron chi connectivity index (χ4n) is 3.62. The minimum absolute atomic E-state index is 0.260. The fourth-order valence-corrected chi connectivity index (χ4v) is 3.79. The number of aromatic carboxylic acids is 1. The summed E-state index contributed by atoms with van der Waals surface area (Å²) in [5.41, 5.74) is 3.46. The van der Waals surface area contributed by atoms with Crippen molar-refractivity contribution in [2.24, 2.45) is 4.99 Å². The molecule has 0 atom stereocenters. The highest BCUT2D eigenvalue weighted by Crippen LogP contribution is 2.25. The number of benzene rings is 2. The number of ether oxygens (including phenoxy) is 1. The molecule has 3 rings (SSSR count). The predicted molar refractivity (Wildman–Crippen MR) is 144 cm³/mol. The first-order valence-electron chi connectivity index (χ1n) is 12.2. The summed E-state index contributed by atoms with van der Waals surface area (Å²) in [6.45, 7) is 9.48. The number of carbonyl (C=O) groups is 2. The zero-order chi connectivity index (χ0) is 29.0. The highest BCUT2D eigenvalue weighted by molar-refractivity contribution is 6.30. The third kappa shape index (κ3) is 10.6. The summed E-state index contributed by atoms with van der Waals surface area (Å²) in [4.78, 5) is 29.4. The van der Waals surface area contributed by atoms with E-state index in [-0.39, 0.29) is 5.56 Å². The molecule has 1 aliphatic heterocycles. The van der Waals surface area contributed by atoms with Crippen LogP contribution in [0.2, 0.25) is 5.02 Å². The van der Waals surface area contributed by atoms with E-state index in [9.17, 15) is 18.0 Å². The number of alkyl halides is 3. The Morgan fingerprint density at radius 2 is 1.69 bits per heavy atom. The molecule has 3 N–H and O–H groups in total. The van der Waals surface area contributed by atoms with Crippen molar-refractivity contribution in [1.29, 1.82) is 0 Å². The quantitative estimate of drug-likeness (QED) is 0.230. The van der Waals surface area contributed by atoms with Crippen molar-refractivity contribution in [3.8, 4) is 0 Å². The second-order valence-corrected chi connectivity index (χ2v) is 8.91. The molecule has 0 spiro atoms. The van der Waals surface area contributed by atoms with Gasteiger partial charge in [-0.05, 0) is 62.2 Å². The number of guanidine groups is 1. The van der Waals surface area contributed by atoms with Crippen LogP contribution in [0.3, 0.4) is 0 Å². The molecular formula is C26H32ClF3N4O5. The molecule has 0 aromatic heterocycles. The van der Waals surface area contributed by atoms with Gasteiger partial charge in [0, 0.05) is 62.3 Å². The summed E-state index contributed by atoms with van der Waals surface area (Å²) in [5, 5.41) is 20.4. The SMILES string of the molecule is CCOCCCN=C(Nc1ccc(C(=O)O)cc1)N1CCN(c2cc(Cl)ccc2C)CC1.O=C(O)C(F)(F)F. The molecule has 214 valence electrons. The van der Waals surface area contributed by atoms with Gasteiger partial charge < -0.3 is 30.1 Å². The molecule has 0 amide bonds. The van der Waals surface area contributed by atoms with E-state index in [0.29, 0.717) is 19.8 Å². The van der Waals surface area contributed by atoms with Gasteiger partial charge in [0.05, 0.1) is 5.56 Å². The molecule has 2 aromatic carbocycles. The van der Waals surface area contributed by atoms with Gasteiger partial charge in [-0.15, -0.1) is 0 Å². The van der Waals surface area contributed by atoms with E-state index >= 15 is 0 Å².